The number of hydrogen-bond acceptors (Lipinski definition) is 3. The van der Waals surface area contributed by atoms with Crippen LogP contribution in [0.3, 0.4) is 0 Å². The maximum atomic E-state index is 5.99. The smallest absolute Gasteiger partial charge is 0.136 e. The van der Waals surface area contributed by atoms with Gasteiger partial charge in [0, 0.05) is 6.54 Å². The number of nitrogens with two attached hydrogens (primary N) is 1. The molecule has 0 fully saturated rings. The van der Waals surface area contributed by atoms with Gasteiger partial charge < -0.3 is 15.2 Å². The van der Waals surface area contributed by atoms with Gasteiger partial charge in [0.1, 0.15) is 17.6 Å². The van der Waals surface area contributed by atoms with Crippen LogP contribution in [0.15, 0.2) is 48.5 Å². The summed E-state index contributed by atoms with van der Waals surface area (Å²) < 4.78 is 12.3. The lowest BCUT2D eigenvalue weighted by atomic mass is 10.1. The van der Waals surface area contributed by atoms with Crippen LogP contribution in [0.2, 0.25) is 0 Å². The molecule has 100 valence electrons. The van der Waals surface area contributed by atoms with Crippen LogP contribution in [0.1, 0.15) is 11.7 Å². The molecule has 0 bridgehead atoms. The van der Waals surface area contributed by atoms with Crippen LogP contribution in [-0.4, -0.2) is 13.7 Å². The van der Waals surface area contributed by atoms with Crippen molar-refractivity contribution in [3.63, 3.8) is 0 Å². The molecule has 4 heteroatoms. The molecule has 0 heterocycles. The first-order valence-electron chi connectivity index (χ1n) is 6.00. The Morgan fingerprint density at radius 2 is 1.95 bits per heavy atom. The van der Waals surface area contributed by atoms with Gasteiger partial charge in [-0.3, -0.25) is 0 Å². The Hall–Kier alpha value is -1.27. The number of para-hydroxylation sites is 1. The molecular weight excluding hydrogens is 353 g/mol. The molecule has 1 unspecified atom stereocenters. The second kappa shape index (κ2) is 6.77. The lowest BCUT2D eigenvalue weighted by Crippen LogP contribution is -2.18. The molecule has 2 aromatic rings. The predicted octanol–water partition coefficient (Wildman–Crippen LogP) is 3.38. The average molecular weight is 369 g/mol. The number of methoxy groups -OCH3 is 1. The quantitative estimate of drug-likeness (QED) is 0.822. The standard InChI is InChI=1S/C15H16INO2/c1-18-12-6-4-5-11(9-12)15(10-17)19-14-8-3-2-7-13(14)16/h2-9,15H,10,17H2,1H3. The largest absolute Gasteiger partial charge is 0.497 e. The summed E-state index contributed by atoms with van der Waals surface area (Å²) in [6, 6.07) is 15.7. The third kappa shape index (κ3) is 3.61. The monoisotopic (exact) mass is 369 g/mol. The molecule has 3 nitrogen and oxygen atoms in total. The van der Waals surface area contributed by atoms with Crippen molar-refractivity contribution in [3.8, 4) is 11.5 Å². The van der Waals surface area contributed by atoms with E-state index >= 15 is 0 Å². The number of ether oxygens (including phenoxy) is 2. The van der Waals surface area contributed by atoms with Crippen LogP contribution in [-0.2, 0) is 0 Å². The molecule has 0 aliphatic rings. The summed E-state index contributed by atoms with van der Waals surface area (Å²) in [5.41, 5.74) is 6.84. The zero-order valence-electron chi connectivity index (χ0n) is 10.7. The fourth-order valence-electron chi connectivity index (χ4n) is 1.79. The van der Waals surface area contributed by atoms with Crippen molar-refractivity contribution < 1.29 is 9.47 Å². The van der Waals surface area contributed by atoms with E-state index in [0.29, 0.717) is 6.54 Å². The van der Waals surface area contributed by atoms with Gasteiger partial charge in [-0.15, -0.1) is 0 Å². The predicted molar refractivity (Wildman–Crippen MR) is 84.6 cm³/mol. The van der Waals surface area contributed by atoms with E-state index in [1.807, 2.05) is 48.5 Å². The molecule has 2 aromatic carbocycles. The Balaban J connectivity index is 2.22. The Bertz CT molecular complexity index is 545. The van der Waals surface area contributed by atoms with Crippen LogP contribution in [0.4, 0.5) is 0 Å². The summed E-state index contributed by atoms with van der Waals surface area (Å²) in [5, 5.41) is 0. The van der Waals surface area contributed by atoms with Crippen molar-refractivity contribution >= 4 is 22.6 Å². The van der Waals surface area contributed by atoms with Crippen molar-refractivity contribution in [1.82, 2.24) is 0 Å². The first-order chi connectivity index (χ1) is 9.24. The van der Waals surface area contributed by atoms with Gasteiger partial charge in [0.2, 0.25) is 0 Å². The molecular formula is C15H16INO2. The van der Waals surface area contributed by atoms with E-state index in [0.717, 1.165) is 20.6 Å². The first kappa shape index (κ1) is 14.1. The third-order valence-electron chi connectivity index (χ3n) is 2.79. The van der Waals surface area contributed by atoms with Crippen molar-refractivity contribution in [2.45, 2.75) is 6.10 Å². The third-order valence-corrected chi connectivity index (χ3v) is 3.68. The molecule has 2 rings (SSSR count). The molecule has 1 atom stereocenters. The lowest BCUT2D eigenvalue weighted by Gasteiger charge is -2.19. The highest BCUT2D eigenvalue weighted by atomic mass is 127. The Morgan fingerprint density at radius 3 is 2.63 bits per heavy atom. The summed E-state index contributed by atoms with van der Waals surface area (Å²) in [7, 11) is 1.65. The van der Waals surface area contributed by atoms with E-state index in [-0.39, 0.29) is 6.10 Å². The SMILES string of the molecule is COc1cccc(C(CN)Oc2ccccc2I)c1. The number of hydrogen-bond donors (Lipinski definition) is 1. The molecule has 2 N–H and O–H groups in total. The first-order valence-corrected chi connectivity index (χ1v) is 7.07. The Labute approximate surface area is 126 Å². The molecule has 0 aliphatic carbocycles. The van der Waals surface area contributed by atoms with E-state index in [2.05, 4.69) is 22.6 Å². The summed E-state index contributed by atoms with van der Waals surface area (Å²) in [5.74, 6) is 1.66. The van der Waals surface area contributed by atoms with Gasteiger partial charge >= 0.3 is 0 Å². The zero-order chi connectivity index (χ0) is 13.7. The Morgan fingerprint density at radius 1 is 1.16 bits per heavy atom. The summed E-state index contributed by atoms with van der Waals surface area (Å²) in [6.07, 6.45) is -0.175. The normalized spacial score (nSPS) is 11.9. The highest BCUT2D eigenvalue weighted by Crippen LogP contribution is 2.27. The van der Waals surface area contributed by atoms with Gasteiger partial charge in [0.15, 0.2) is 0 Å². The maximum Gasteiger partial charge on any atom is 0.136 e. The molecule has 0 aliphatic heterocycles. The second-order valence-electron chi connectivity index (χ2n) is 4.05. The average Bonchev–Trinajstić information content (AvgIpc) is 2.46. The minimum Gasteiger partial charge on any atom is -0.497 e. The minimum atomic E-state index is -0.175. The van der Waals surface area contributed by atoms with E-state index in [1.165, 1.54) is 0 Å². The van der Waals surface area contributed by atoms with Gasteiger partial charge in [-0.1, -0.05) is 24.3 Å². The van der Waals surface area contributed by atoms with Crippen LogP contribution >= 0.6 is 22.6 Å². The molecule has 0 saturated heterocycles. The van der Waals surface area contributed by atoms with Crippen LogP contribution in [0, 0.1) is 3.57 Å². The van der Waals surface area contributed by atoms with Gasteiger partial charge in [0.05, 0.1) is 10.7 Å². The van der Waals surface area contributed by atoms with E-state index in [4.69, 9.17) is 15.2 Å². The topological polar surface area (TPSA) is 44.5 Å². The van der Waals surface area contributed by atoms with Gasteiger partial charge in [-0.25, -0.2) is 0 Å². The second-order valence-corrected chi connectivity index (χ2v) is 5.21. The highest BCUT2D eigenvalue weighted by molar-refractivity contribution is 14.1. The van der Waals surface area contributed by atoms with Gasteiger partial charge in [-0.05, 0) is 52.4 Å². The van der Waals surface area contributed by atoms with Crippen molar-refractivity contribution in [2.24, 2.45) is 5.73 Å². The Kier molecular flexibility index (Phi) is 5.04. The lowest BCUT2D eigenvalue weighted by molar-refractivity contribution is 0.212. The molecule has 0 aromatic heterocycles. The molecule has 0 radical (unpaired) electrons. The molecule has 19 heavy (non-hydrogen) atoms. The van der Waals surface area contributed by atoms with Gasteiger partial charge in [-0.2, -0.15) is 0 Å². The highest BCUT2D eigenvalue weighted by Gasteiger charge is 2.13. The molecule has 0 saturated carbocycles. The number of halogens is 1. The van der Waals surface area contributed by atoms with Crippen molar-refractivity contribution in [1.29, 1.82) is 0 Å². The van der Waals surface area contributed by atoms with E-state index in [1.54, 1.807) is 7.11 Å². The summed E-state index contributed by atoms with van der Waals surface area (Å²) >= 11 is 2.25. The molecule has 0 spiro atoms. The number of rotatable bonds is 5. The van der Waals surface area contributed by atoms with Crippen LogP contribution < -0.4 is 15.2 Å². The van der Waals surface area contributed by atoms with Crippen LogP contribution in [0.25, 0.3) is 0 Å². The summed E-state index contributed by atoms with van der Waals surface area (Å²) in [4.78, 5) is 0. The fourth-order valence-corrected chi connectivity index (χ4v) is 2.30. The summed E-state index contributed by atoms with van der Waals surface area (Å²) in [6.45, 7) is 0.415. The van der Waals surface area contributed by atoms with E-state index < -0.39 is 0 Å². The van der Waals surface area contributed by atoms with Crippen LogP contribution in [0.5, 0.6) is 11.5 Å². The van der Waals surface area contributed by atoms with Crippen molar-refractivity contribution in [3.05, 3.63) is 57.7 Å². The number of benzene rings is 2. The molecule has 0 amide bonds. The fraction of sp³-hybridized carbons (Fsp3) is 0.200. The van der Waals surface area contributed by atoms with Crippen molar-refractivity contribution in [2.75, 3.05) is 13.7 Å². The van der Waals surface area contributed by atoms with Gasteiger partial charge in [0.25, 0.3) is 0 Å². The van der Waals surface area contributed by atoms with E-state index in [9.17, 15) is 0 Å². The maximum absolute atomic E-state index is 5.99. The zero-order valence-corrected chi connectivity index (χ0v) is 12.8. The minimum absolute atomic E-state index is 0.175.